The minimum atomic E-state index is -0.444. The number of aryl methyl sites for hydroxylation is 1. The van der Waals surface area contributed by atoms with Crippen molar-refractivity contribution in [3.63, 3.8) is 0 Å². The molecule has 0 aliphatic rings. The van der Waals surface area contributed by atoms with Crippen LogP contribution < -0.4 is 10.1 Å². The second-order valence-electron chi connectivity index (χ2n) is 6.53. The van der Waals surface area contributed by atoms with Gasteiger partial charge in [-0.1, -0.05) is 18.2 Å². The van der Waals surface area contributed by atoms with E-state index in [0.717, 1.165) is 16.9 Å². The van der Waals surface area contributed by atoms with Gasteiger partial charge in [0.25, 0.3) is 5.91 Å². The van der Waals surface area contributed by atoms with Crippen LogP contribution in [0.4, 0.5) is 0 Å². The number of nitrogens with one attached hydrogen (secondary N) is 1. The summed E-state index contributed by atoms with van der Waals surface area (Å²) in [7, 11) is 0. The summed E-state index contributed by atoms with van der Waals surface area (Å²) in [5.41, 5.74) is 2.98. The van der Waals surface area contributed by atoms with Gasteiger partial charge in [-0.15, -0.1) is 0 Å². The van der Waals surface area contributed by atoms with E-state index in [2.05, 4.69) is 15.3 Å². The molecule has 154 valence electrons. The zero-order valence-electron chi connectivity index (χ0n) is 16.9. The smallest absolute Gasteiger partial charge is 0.339 e. The predicted octanol–water partition coefficient (Wildman–Crippen LogP) is 3.47. The number of rotatable bonds is 8. The number of ether oxygens (including phenoxy) is 2. The van der Waals surface area contributed by atoms with Crippen molar-refractivity contribution in [3.8, 4) is 5.75 Å². The maximum absolute atomic E-state index is 12.4. The molecule has 0 fully saturated rings. The van der Waals surface area contributed by atoms with E-state index in [1.54, 1.807) is 32.3 Å². The van der Waals surface area contributed by atoms with Crippen LogP contribution in [0, 0.1) is 6.92 Å². The first-order valence-corrected chi connectivity index (χ1v) is 9.60. The van der Waals surface area contributed by atoms with Crippen molar-refractivity contribution in [2.24, 2.45) is 0 Å². The highest BCUT2D eigenvalue weighted by Gasteiger charge is 2.14. The van der Waals surface area contributed by atoms with Crippen LogP contribution in [-0.4, -0.2) is 28.5 Å². The first-order valence-electron chi connectivity index (χ1n) is 9.60. The van der Waals surface area contributed by atoms with Gasteiger partial charge in [-0.25, -0.2) is 9.78 Å². The predicted molar refractivity (Wildman–Crippen MR) is 111 cm³/mol. The topological polar surface area (TPSA) is 90.4 Å². The molecule has 0 radical (unpaired) electrons. The number of carbonyl (C=O) groups excluding carboxylic acids is 2. The molecule has 0 aliphatic carbocycles. The number of nitrogens with zero attached hydrogens (tertiary/aromatic N) is 2. The van der Waals surface area contributed by atoms with Gasteiger partial charge in [0.1, 0.15) is 18.1 Å². The third kappa shape index (κ3) is 5.64. The Morgan fingerprint density at radius 2 is 1.83 bits per heavy atom. The van der Waals surface area contributed by atoms with Crippen molar-refractivity contribution in [2.45, 2.75) is 27.0 Å². The largest absolute Gasteiger partial charge is 0.489 e. The van der Waals surface area contributed by atoms with Crippen LogP contribution in [0.3, 0.4) is 0 Å². The van der Waals surface area contributed by atoms with Crippen LogP contribution >= 0.6 is 0 Å². The third-order valence-electron chi connectivity index (χ3n) is 4.32. The van der Waals surface area contributed by atoms with E-state index < -0.39 is 5.97 Å². The van der Waals surface area contributed by atoms with E-state index >= 15 is 0 Å². The molecule has 0 aliphatic heterocycles. The highest BCUT2D eigenvalue weighted by molar-refractivity contribution is 5.95. The maximum Gasteiger partial charge on any atom is 0.339 e. The number of hydrogen-bond acceptors (Lipinski definition) is 6. The van der Waals surface area contributed by atoms with E-state index in [0.29, 0.717) is 24.4 Å². The minimum Gasteiger partial charge on any atom is -0.489 e. The van der Waals surface area contributed by atoms with Gasteiger partial charge in [-0.05, 0) is 49.7 Å². The van der Waals surface area contributed by atoms with Crippen LogP contribution in [0.25, 0.3) is 0 Å². The molecule has 0 atom stereocenters. The van der Waals surface area contributed by atoms with Gasteiger partial charge in [-0.3, -0.25) is 9.78 Å². The fourth-order valence-electron chi connectivity index (χ4n) is 2.74. The number of pyridine rings is 2. The quantitative estimate of drug-likeness (QED) is 0.577. The molecule has 1 amide bonds. The van der Waals surface area contributed by atoms with Crippen LogP contribution in [0.2, 0.25) is 0 Å². The molecule has 7 heteroatoms. The van der Waals surface area contributed by atoms with Crippen molar-refractivity contribution >= 4 is 11.9 Å². The second kappa shape index (κ2) is 10.2. The lowest BCUT2D eigenvalue weighted by molar-refractivity contribution is 0.0524. The zero-order valence-corrected chi connectivity index (χ0v) is 16.9. The number of aromatic nitrogens is 2. The molecular weight excluding hydrogens is 382 g/mol. The summed E-state index contributed by atoms with van der Waals surface area (Å²) >= 11 is 0. The average Bonchev–Trinajstić information content (AvgIpc) is 2.77. The Morgan fingerprint density at radius 1 is 1.03 bits per heavy atom. The van der Waals surface area contributed by atoms with E-state index in [1.807, 2.05) is 36.4 Å². The van der Waals surface area contributed by atoms with E-state index in [-0.39, 0.29) is 18.2 Å². The van der Waals surface area contributed by atoms with Gasteiger partial charge in [0.05, 0.1) is 17.9 Å². The molecule has 1 aromatic carbocycles. The number of amides is 1. The van der Waals surface area contributed by atoms with Gasteiger partial charge in [0.2, 0.25) is 0 Å². The fraction of sp³-hybridized carbons (Fsp3) is 0.217. The monoisotopic (exact) mass is 405 g/mol. The summed E-state index contributed by atoms with van der Waals surface area (Å²) in [6.07, 6.45) is 3.48. The SMILES string of the molecule is CCOC(=O)c1ccc(C(=O)NCc2ccc(OCc3cccnc3)cc2)nc1C. The van der Waals surface area contributed by atoms with Gasteiger partial charge in [0, 0.05) is 24.5 Å². The Balaban J connectivity index is 1.53. The molecule has 2 aromatic heterocycles. The highest BCUT2D eigenvalue weighted by atomic mass is 16.5. The molecule has 3 rings (SSSR count). The van der Waals surface area contributed by atoms with Gasteiger partial charge >= 0.3 is 5.97 Å². The fourth-order valence-corrected chi connectivity index (χ4v) is 2.74. The molecule has 3 aromatic rings. The average molecular weight is 405 g/mol. The molecule has 1 N–H and O–H groups in total. The Bertz CT molecular complexity index is 1000. The van der Waals surface area contributed by atoms with Crippen LogP contribution in [-0.2, 0) is 17.9 Å². The van der Waals surface area contributed by atoms with Crippen molar-refractivity contribution < 1.29 is 19.1 Å². The van der Waals surface area contributed by atoms with Crippen LogP contribution in [0.1, 0.15) is 44.6 Å². The third-order valence-corrected chi connectivity index (χ3v) is 4.32. The Morgan fingerprint density at radius 3 is 2.50 bits per heavy atom. The Kier molecular flexibility index (Phi) is 7.10. The molecule has 0 unspecified atom stereocenters. The molecule has 0 saturated heterocycles. The number of carbonyl (C=O) groups is 2. The highest BCUT2D eigenvalue weighted by Crippen LogP contribution is 2.14. The van der Waals surface area contributed by atoms with Crippen LogP contribution in [0.15, 0.2) is 60.9 Å². The normalized spacial score (nSPS) is 10.3. The number of hydrogen-bond donors (Lipinski definition) is 1. The van der Waals surface area contributed by atoms with Gasteiger partial charge < -0.3 is 14.8 Å². The summed E-state index contributed by atoms with van der Waals surface area (Å²) in [5, 5.41) is 2.83. The summed E-state index contributed by atoms with van der Waals surface area (Å²) in [4.78, 5) is 32.5. The lowest BCUT2D eigenvalue weighted by atomic mass is 10.1. The summed E-state index contributed by atoms with van der Waals surface area (Å²) in [6.45, 7) is 4.49. The second-order valence-corrected chi connectivity index (χ2v) is 6.53. The molecule has 2 heterocycles. The maximum atomic E-state index is 12.4. The molecule has 30 heavy (non-hydrogen) atoms. The van der Waals surface area contributed by atoms with Crippen molar-refractivity contribution in [1.82, 2.24) is 15.3 Å². The lowest BCUT2D eigenvalue weighted by Gasteiger charge is -2.09. The zero-order chi connectivity index (χ0) is 21.3. The minimum absolute atomic E-state index is 0.247. The van der Waals surface area contributed by atoms with Crippen molar-refractivity contribution in [1.29, 1.82) is 0 Å². The molecule has 0 bridgehead atoms. The molecule has 7 nitrogen and oxygen atoms in total. The summed E-state index contributed by atoms with van der Waals surface area (Å²) < 4.78 is 10.7. The van der Waals surface area contributed by atoms with Gasteiger partial charge in [-0.2, -0.15) is 0 Å². The van der Waals surface area contributed by atoms with Crippen molar-refractivity contribution in [3.05, 3.63) is 89.0 Å². The number of esters is 1. The van der Waals surface area contributed by atoms with E-state index in [4.69, 9.17) is 9.47 Å². The Hall–Kier alpha value is -3.74. The summed E-state index contributed by atoms with van der Waals surface area (Å²) in [5.74, 6) is -0.0218. The Labute approximate surface area is 175 Å². The molecule has 0 spiro atoms. The van der Waals surface area contributed by atoms with Crippen molar-refractivity contribution in [2.75, 3.05) is 6.61 Å². The number of benzene rings is 1. The first-order chi connectivity index (χ1) is 14.6. The molecular formula is C23H23N3O4. The van der Waals surface area contributed by atoms with E-state index in [1.165, 1.54) is 6.07 Å². The lowest BCUT2D eigenvalue weighted by Crippen LogP contribution is -2.24. The molecule has 0 saturated carbocycles. The standard InChI is InChI=1S/C23H23N3O4/c1-3-29-23(28)20-10-11-21(26-16(20)2)22(27)25-14-17-6-8-19(9-7-17)30-15-18-5-4-12-24-13-18/h4-13H,3,14-15H2,1-2H3,(H,25,27). The summed E-state index contributed by atoms with van der Waals surface area (Å²) in [6, 6.07) is 14.4. The first kappa shape index (κ1) is 21.0. The van der Waals surface area contributed by atoms with Crippen LogP contribution in [0.5, 0.6) is 5.75 Å². The van der Waals surface area contributed by atoms with Gasteiger partial charge in [0.15, 0.2) is 0 Å². The van der Waals surface area contributed by atoms with E-state index in [9.17, 15) is 9.59 Å².